The number of nitrogens with one attached hydrogen (secondary N) is 2. The van der Waals surface area contributed by atoms with E-state index in [-0.39, 0.29) is 17.6 Å². The number of quaternary nitrogens is 1. The first-order valence-corrected chi connectivity index (χ1v) is 10.4. The Balaban J connectivity index is 1.58. The molecule has 154 valence electrons. The number of carbonyl (C=O) groups is 1. The van der Waals surface area contributed by atoms with Gasteiger partial charge in [0.2, 0.25) is 0 Å². The minimum atomic E-state index is -0.426. The van der Waals surface area contributed by atoms with Crippen LogP contribution in [-0.4, -0.2) is 30.5 Å². The molecule has 30 heavy (non-hydrogen) atoms. The molecule has 6 nitrogen and oxygen atoms in total. The first kappa shape index (κ1) is 20.0. The molecule has 6 heteroatoms. The van der Waals surface area contributed by atoms with Gasteiger partial charge in [0.05, 0.1) is 24.6 Å². The topological polar surface area (TPSA) is 76.7 Å². The molecular formula is C24H26N3O3+. The lowest BCUT2D eigenvalue weighted by atomic mass is 9.97. The van der Waals surface area contributed by atoms with Crippen molar-refractivity contribution < 1.29 is 14.6 Å². The molecule has 4 rings (SSSR count). The van der Waals surface area contributed by atoms with E-state index in [0.717, 1.165) is 13.1 Å². The smallest absolute Gasteiger partial charge is 0.272 e. The van der Waals surface area contributed by atoms with E-state index in [2.05, 4.69) is 41.7 Å². The summed E-state index contributed by atoms with van der Waals surface area (Å²) in [6, 6.07) is 19.4. The molecule has 1 saturated heterocycles. The van der Waals surface area contributed by atoms with Crippen molar-refractivity contribution in [2.45, 2.75) is 25.8 Å². The molecule has 1 aliphatic heterocycles. The van der Waals surface area contributed by atoms with Crippen molar-refractivity contribution in [3.63, 3.8) is 0 Å². The number of amides is 1. The van der Waals surface area contributed by atoms with Crippen LogP contribution < -0.4 is 10.2 Å². The van der Waals surface area contributed by atoms with Crippen LogP contribution in [0.2, 0.25) is 0 Å². The van der Waals surface area contributed by atoms with E-state index in [1.165, 1.54) is 46.2 Å². The second-order valence-corrected chi connectivity index (χ2v) is 7.95. The average molecular weight is 404 g/mol. The normalized spacial score (nSPS) is 15.2. The van der Waals surface area contributed by atoms with Crippen molar-refractivity contribution in [2.24, 2.45) is 0 Å². The number of fused-ring (bicyclic) bond motifs is 1. The van der Waals surface area contributed by atoms with E-state index in [4.69, 9.17) is 0 Å². The number of likely N-dealkylation sites (tertiary alicyclic amines) is 1. The summed E-state index contributed by atoms with van der Waals surface area (Å²) in [7, 11) is 0. The van der Waals surface area contributed by atoms with E-state index >= 15 is 0 Å². The zero-order valence-corrected chi connectivity index (χ0v) is 17.1. The molecule has 1 heterocycles. The number of carbonyl (C=O) groups excluding carboxylic acids is 1. The van der Waals surface area contributed by atoms with Gasteiger partial charge >= 0.3 is 0 Å². The fourth-order valence-electron chi connectivity index (χ4n) is 4.50. The van der Waals surface area contributed by atoms with Crippen LogP contribution >= 0.6 is 0 Å². The largest absolute Gasteiger partial charge is 0.346 e. The van der Waals surface area contributed by atoms with Crippen LogP contribution in [0, 0.1) is 17.0 Å². The molecule has 1 amide bonds. The van der Waals surface area contributed by atoms with Gasteiger partial charge in [0.15, 0.2) is 0 Å². The Hall–Kier alpha value is -3.25. The molecule has 1 fully saturated rings. The van der Waals surface area contributed by atoms with Gasteiger partial charge in [-0.3, -0.25) is 14.9 Å². The number of hydrogen-bond acceptors (Lipinski definition) is 3. The number of nitro benzene ring substituents is 1. The Labute approximate surface area is 175 Å². The predicted octanol–water partition coefficient (Wildman–Crippen LogP) is 3.21. The van der Waals surface area contributed by atoms with Crippen molar-refractivity contribution in [1.82, 2.24) is 5.32 Å². The minimum absolute atomic E-state index is 0.0293. The molecule has 0 aromatic heterocycles. The SMILES string of the molecule is Cc1cc(C(=O)NC[C@@H](c2cccc3ccccc23)[NH+]2CCCC2)ccc1[N+](=O)[O-]. The number of hydrogen-bond donors (Lipinski definition) is 2. The summed E-state index contributed by atoms with van der Waals surface area (Å²) in [5.41, 5.74) is 2.22. The molecule has 1 aliphatic rings. The standard InChI is InChI=1S/C24H25N3O3/c1-17-15-19(11-12-22(17)27(29)30)24(28)25-16-23(26-13-4-5-14-26)21-10-6-8-18-7-2-3-9-20(18)21/h2-3,6-12,15,23H,4-5,13-14,16H2,1H3,(H,25,28)/p+1/t23-/m0/s1. The van der Waals surface area contributed by atoms with Gasteiger partial charge in [-0.15, -0.1) is 0 Å². The Bertz CT molecular complexity index is 1080. The number of nitro groups is 1. The van der Waals surface area contributed by atoms with Crippen LogP contribution in [0.4, 0.5) is 5.69 Å². The van der Waals surface area contributed by atoms with Crippen LogP contribution in [0.15, 0.2) is 60.7 Å². The molecule has 0 spiro atoms. The number of rotatable bonds is 6. The summed E-state index contributed by atoms with van der Waals surface area (Å²) in [6.07, 6.45) is 2.40. The van der Waals surface area contributed by atoms with Crippen molar-refractivity contribution >= 4 is 22.4 Å². The second-order valence-electron chi connectivity index (χ2n) is 7.95. The van der Waals surface area contributed by atoms with E-state index in [0.29, 0.717) is 17.7 Å². The van der Waals surface area contributed by atoms with Crippen LogP contribution in [0.5, 0.6) is 0 Å². The fourth-order valence-corrected chi connectivity index (χ4v) is 4.50. The van der Waals surface area contributed by atoms with Gasteiger partial charge in [-0.1, -0.05) is 42.5 Å². The Morgan fingerprint density at radius 2 is 1.83 bits per heavy atom. The molecule has 0 radical (unpaired) electrons. The van der Waals surface area contributed by atoms with Crippen LogP contribution in [0.25, 0.3) is 10.8 Å². The van der Waals surface area contributed by atoms with Gasteiger partial charge in [0, 0.05) is 35.6 Å². The zero-order chi connectivity index (χ0) is 21.1. The van der Waals surface area contributed by atoms with Gasteiger partial charge in [-0.2, -0.15) is 0 Å². The lowest BCUT2D eigenvalue weighted by molar-refractivity contribution is -0.918. The third-order valence-corrected chi connectivity index (χ3v) is 6.06. The van der Waals surface area contributed by atoms with Gasteiger partial charge in [0.25, 0.3) is 11.6 Å². The Kier molecular flexibility index (Phi) is 5.77. The lowest BCUT2D eigenvalue weighted by Crippen LogP contribution is -3.11. The highest BCUT2D eigenvalue weighted by molar-refractivity contribution is 5.94. The monoisotopic (exact) mass is 404 g/mol. The molecule has 1 atom stereocenters. The van der Waals surface area contributed by atoms with Crippen LogP contribution in [0.1, 0.15) is 40.4 Å². The van der Waals surface area contributed by atoms with E-state index in [9.17, 15) is 14.9 Å². The van der Waals surface area contributed by atoms with Gasteiger partial charge in [0.1, 0.15) is 6.04 Å². The quantitative estimate of drug-likeness (QED) is 0.489. The number of aryl methyl sites for hydroxylation is 1. The first-order valence-electron chi connectivity index (χ1n) is 10.4. The zero-order valence-electron chi connectivity index (χ0n) is 17.1. The average Bonchev–Trinajstić information content (AvgIpc) is 3.28. The predicted molar refractivity (Wildman–Crippen MR) is 117 cm³/mol. The molecule has 0 bridgehead atoms. The number of benzene rings is 3. The maximum absolute atomic E-state index is 12.8. The van der Waals surface area contributed by atoms with Gasteiger partial charge in [-0.05, 0) is 29.8 Å². The third-order valence-electron chi connectivity index (χ3n) is 6.06. The Morgan fingerprint density at radius 3 is 2.57 bits per heavy atom. The highest BCUT2D eigenvalue weighted by atomic mass is 16.6. The van der Waals surface area contributed by atoms with Crippen LogP contribution in [0.3, 0.4) is 0 Å². The molecule has 0 aliphatic carbocycles. The highest BCUT2D eigenvalue weighted by Crippen LogP contribution is 2.24. The summed E-state index contributed by atoms with van der Waals surface area (Å²) in [4.78, 5) is 24.9. The second kappa shape index (κ2) is 8.63. The molecule has 3 aromatic carbocycles. The maximum Gasteiger partial charge on any atom is 0.272 e. The Morgan fingerprint density at radius 1 is 1.10 bits per heavy atom. The molecule has 0 unspecified atom stereocenters. The van der Waals surface area contributed by atoms with E-state index in [1.807, 2.05) is 6.07 Å². The van der Waals surface area contributed by atoms with E-state index in [1.54, 1.807) is 13.0 Å². The summed E-state index contributed by atoms with van der Waals surface area (Å²) in [5, 5.41) is 16.5. The highest BCUT2D eigenvalue weighted by Gasteiger charge is 2.29. The van der Waals surface area contributed by atoms with Gasteiger partial charge < -0.3 is 10.2 Å². The van der Waals surface area contributed by atoms with Crippen molar-refractivity contribution in [3.8, 4) is 0 Å². The summed E-state index contributed by atoms with van der Waals surface area (Å²) in [5.74, 6) is -0.197. The minimum Gasteiger partial charge on any atom is -0.346 e. The fraction of sp³-hybridized carbons (Fsp3) is 0.292. The molecule has 3 aromatic rings. The lowest BCUT2D eigenvalue weighted by Gasteiger charge is -2.26. The summed E-state index contributed by atoms with van der Waals surface area (Å²) < 4.78 is 0. The first-order chi connectivity index (χ1) is 14.5. The van der Waals surface area contributed by atoms with Crippen molar-refractivity contribution in [2.75, 3.05) is 19.6 Å². The summed E-state index contributed by atoms with van der Waals surface area (Å²) in [6.45, 7) is 4.38. The van der Waals surface area contributed by atoms with Crippen molar-refractivity contribution in [3.05, 3.63) is 87.5 Å². The van der Waals surface area contributed by atoms with Gasteiger partial charge in [-0.25, -0.2) is 0 Å². The van der Waals surface area contributed by atoms with E-state index < -0.39 is 4.92 Å². The summed E-state index contributed by atoms with van der Waals surface area (Å²) >= 11 is 0. The van der Waals surface area contributed by atoms with Crippen molar-refractivity contribution in [1.29, 1.82) is 0 Å². The maximum atomic E-state index is 12.8. The molecular weight excluding hydrogens is 378 g/mol. The molecule has 0 saturated carbocycles. The number of nitrogens with zero attached hydrogens (tertiary/aromatic N) is 1. The van der Waals surface area contributed by atoms with Crippen LogP contribution in [-0.2, 0) is 0 Å². The molecule has 2 N–H and O–H groups in total. The third kappa shape index (κ3) is 4.04.